The fourth-order valence-corrected chi connectivity index (χ4v) is 1.67. The first-order chi connectivity index (χ1) is 7.49. The van der Waals surface area contributed by atoms with Crippen molar-refractivity contribution in [1.82, 2.24) is 0 Å². The summed E-state index contributed by atoms with van der Waals surface area (Å²) in [5.74, 6) is -1.17. The highest BCUT2D eigenvalue weighted by atomic mass is 79.9. The normalized spacial score (nSPS) is 14.4. The number of aliphatic hydroxyl groups excluding tert-OH is 2. The van der Waals surface area contributed by atoms with Crippen molar-refractivity contribution in [3.8, 4) is 0 Å². The smallest absolute Gasteiger partial charge is 0.337 e. The van der Waals surface area contributed by atoms with Gasteiger partial charge < -0.3 is 21.1 Å². The Morgan fingerprint density at radius 2 is 2.06 bits per heavy atom. The standard InChI is InChI=1S/C10H12BrNO4/c11-4-7(13)9(14)5-2-1-3-6(8(5)12)10(15)16/h1-3,7,9,13-14H,4,12H2,(H,15,16). The number of anilines is 1. The highest BCUT2D eigenvalue weighted by molar-refractivity contribution is 9.09. The summed E-state index contributed by atoms with van der Waals surface area (Å²) in [4.78, 5) is 10.8. The van der Waals surface area contributed by atoms with E-state index in [1.165, 1.54) is 18.2 Å². The lowest BCUT2D eigenvalue weighted by molar-refractivity contribution is 0.0346. The predicted octanol–water partition coefficient (Wildman–Crippen LogP) is 0.756. The Balaban J connectivity index is 3.15. The molecule has 0 aliphatic heterocycles. The Morgan fingerprint density at radius 1 is 1.44 bits per heavy atom. The number of hydrogen-bond acceptors (Lipinski definition) is 4. The molecular weight excluding hydrogens is 278 g/mol. The molecule has 0 spiro atoms. The number of aliphatic hydroxyl groups is 2. The van der Waals surface area contributed by atoms with Gasteiger partial charge in [-0.3, -0.25) is 0 Å². The van der Waals surface area contributed by atoms with Gasteiger partial charge in [-0.2, -0.15) is 0 Å². The molecule has 6 heteroatoms. The number of halogens is 1. The van der Waals surface area contributed by atoms with Crippen molar-refractivity contribution in [2.45, 2.75) is 12.2 Å². The van der Waals surface area contributed by atoms with Crippen molar-refractivity contribution >= 4 is 27.6 Å². The number of carboxylic acid groups (broad SMARTS) is 1. The number of carboxylic acids is 1. The van der Waals surface area contributed by atoms with Crippen LogP contribution in [-0.4, -0.2) is 32.7 Å². The van der Waals surface area contributed by atoms with E-state index in [0.29, 0.717) is 0 Å². The summed E-state index contributed by atoms with van der Waals surface area (Å²) in [5, 5.41) is 28.2. The number of rotatable bonds is 4. The summed E-state index contributed by atoms with van der Waals surface area (Å²) in [6.07, 6.45) is -2.25. The zero-order valence-electron chi connectivity index (χ0n) is 8.30. The minimum absolute atomic E-state index is 0.0255. The zero-order chi connectivity index (χ0) is 12.3. The highest BCUT2D eigenvalue weighted by Crippen LogP contribution is 2.26. The van der Waals surface area contributed by atoms with E-state index in [9.17, 15) is 15.0 Å². The maximum Gasteiger partial charge on any atom is 0.337 e. The lowest BCUT2D eigenvalue weighted by Gasteiger charge is -2.18. The Kier molecular flexibility index (Phi) is 4.28. The molecule has 16 heavy (non-hydrogen) atoms. The van der Waals surface area contributed by atoms with Crippen molar-refractivity contribution in [1.29, 1.82) is 0 Å². The van der Waals surface area contributed by atoms with Gasteiger partial charge in [0.15, 0.2) is 0 Å². The summed E-state index contributed by atoms with van der Waals surface area (Å²) in [7, 11) is 0. The van der Waals surface area contributed by atoms with E-state index in [-0.39, 0.29) is 22.1 Å². The van der Waals surface area contributed by atoms with Crippen LogP contribution in [0.25, 0.3) is 0 Å². The third-order valence-electron chi connectivity index (χ3n) is 2.21. The van der Waals surface area contributed by atoms with Crippen LogP contribution in [0.3, 0.4) is 0 Å². The third-order valence-corrected chi connectivity index (χ3v) is 2.87. The number of aromatic carboxylic acids is 1. The van der Waals surface area contributed by atoms with Crippen molar-refractivity contribution in [3.05, 3.63) is 29.3 Å². The van der Waals surface area contributed by atoms with Gasteiger partial charge in [0.1, 0.15) is 6.10 Å². The fraction of sp³-hybridized carbons (Fsp3) is 0.300. The van der Waals surface area contributed by atoms with Crippen LogP contribution < -0.4 is 5.73 Å². The molecule has 1 aromatic carbocycles. The first-order valence-electron chi connectivity index (χ1n) is 4.52. The molecule has 2 atom stereocenters. The molecule has 0 aliphatic carbocycles. The molecule has 5 nitrogen and oxygen atoms in total. The van der Waals surface area contributed by atoms with E-state index in [2.05, 4.69) is 15.9 Å². The Labute approximate surface area is 101 Å². The van der Waals surface area contributed by atoms with E-state index in [0.717, 1.165) is 0 Å². The van der Waals surface area contributed by atoms with Gasteiger partial charge in [-0.05, 0) is 6.07 Å². The van der Waals surface area contributed by atoms with Crippen LogP contribution in [0.15, 0.2) is 18.2 Å². The minimum Gasteiger partial charge on any atom is -0.478 e. The average Bonchev–Trinajstić information content (AvgIpc) is 2.27. The number of benzene rings is 1. The molecule has 0 aromatic heterocycles. The molecule has 0 aliphatic rings. The lowest BCUT2D eigenvalue weighted by atomic mass is 10.00. The number of nitrogens with two attached hydrogens (primary N) is 1. The number of hydrogen-bond donors (Lipinski definition) is 4. The Hall–Kier alpha value is -1.11. The van der Waals surface area contributed by atoms with Crippen molar-refractivity contribution in [2.24, 2.45) is 0 Å². The molecule has 0 saturated carbocycles. The van der Waals surface area contributed by atoms with Gasteiger partial charge >= 0.3 is 5.97 Å². The van der Waals surface area contributed by atoms with Crippen LogP contribution in [-0.2, 0) is 0 Å². The van der Waals surface area contributed by atoms with E-state index in [1.807, 2.05) is 0 Å². The molecule has 0 heterocycles. The summed E-state index contributed by atoms with van der Waals surface area (Å²) in [6, 6.07) is 4.30. The van der Waals surface area contributed by atoms with E-state index in [4.69, 9.17) is 10.8 Å². The summed E-state index contributed by atoms with van der Waals surface area (Å²) in [5.41, 5.74) is 5.71. The van der Waals surface area contributed by atoms with Crippen LogP contribution in [0.2, 0.25) is 0 Å². The maximum absolute atomic E-state index is 10.8. The van der Waals surface area contributed by atoms with Gasteiger partial charge in [0.25, 0.3) is 0 Å². The molecule has 0 radical (unpaired) electrons. The molecule has 88 valence electrons. The largest absolute Gasteiger partial charge is 0.478 e. The molecule has 0 bridgehead atoms. The quantitative estimate of drug-likeness (QED) is 0.484. The maximum atomic E-state index is 10.8. The van der Waals surface area contributed by atoms with Crippen molar-refractivity contribution < 1.29 is 20.1 Å². The third kappa shape index (κ3) is 2.52. The number of carbonyl (C=O) groups is 1. The number of nitrogen functional groups attached to an aromatic ring is 1. The molecular formula is C10H12BrNO4. The molecule has 1 rings (SSSR count). The minimum atomic E-state index is -1.21. The lowest BCUT2D eigenvalue weighted by Crippen LogP contribution is -2.21. The van der Waals surface area contributed by atoms with Gasteiger partial charge in [-0.15, -0.1) is 0 Å². The second-order valence-corrected chi connectivity index (χ2v) is 3.93. The second kappa shape index (κ2) is 5.29. The highest BCUT2D eigenvalue weighted by Gasteiger charge is 2.22. The van der Waals surface area contributed by atoms with Gasteiger partial charge in [-0.1, -0.05) is 28.1 Å². The van der Waals surface area contributed by atoms with Crippen LogP contribution in [0, 0.1) is 0 Å². The Bertz CT molecular complexity index is 396. The fourth-order valence-electron chi connectivity index (χ4n) is 1.32. The number of alkyl halides is 1. The number of para-hydroxylation sites is 1. The molecule has 0 saturated heterocycles. The Morgan fingerprint density at radius 3 is 2.56 bits per heavy atom. The molecule has 5 N–H and O–H groups in total. The van der Waals surface area contributed by atoms with Gasteiger partial charge in [0.05, 0.1) is 17.4 Å². The van der Waals surface area contributed by atoms with Crippen LogP contribution in [0.1, 0.15) is 22.0 Å². The molecule has 1 aromatic rings. The molecule has 0 fully saturated rings. The first-order valence-corrected chi connectivity index (χ1v) is 5.65. The van der Waals surface area contributed by atoms with E-state index >= 15 is 0 Å². The summed E-state index contributed by atoms with van der Waals surface area (Å²) >= 11 is 3.02. The van der Waals surface area contributed by atoms with E-state index < -0.39 is 18.2 Å². The topological polar surface area (TPSA) is 104 Å². The predicted molar refractivity (Wildman–Crippen MR) is 62.6 cm³/mol. The van der Waals surface area contributed by atoms with Crippen LogP contribution in [0.5, 0.6) is 0 Å². The average molecular weight is 290 g/mol. The second-order valence-electron chi connectivity index (χ2n) is 3.28. The van der Waals surface area contributed by atoms with Gasteiger partial charge in [-0.25, -0.2) is 4.79 Å². The first kappa shape index (κ1) is 13.0. The van der Waals surface area contributed by atoms with Crippen molar-refractivity contribution in [2.75, 3.05) is 11.1 Å². The summed E-state index contributed by atoms with van der Waals surface area (Å²) < 4.78 is 0. The zero-order valence-corrected chi connectivity index (χ0v) is 9.89. The molecule has 2 unspecified atom stereocenters. The van der Waals surface area contributed by atoms with Crippen LogP contribution in [0.4, 0.5) is 5.69 Å². The van der Waals surface area contributed by atoms with Gasteiger partial charge in [0.2, 0.25) is 0 Å². The molecule has 0 amide bonds. The van der Waals surface area contributed by atoms with Crippen LogP contribution >= 0.6 is 15.9 Å². The SMILES string of the molecule is Nc1c(C(=O)O)cccc1C(O)C(O)CBr. The van der Waals surface area contributed by atoms with E-state index in [1.54, 1.807) is 0 Å². The monoisotopic (exact) mass is 289 g/mol. The summed E-state index contributed by atoms with van der Waals surface area (Å²) in [6.45, 7) is 0. The van der Waals surface area contributed by atoms with Gasteiger partial charge in [0, 0.05) is 10.9 Å². The van der Waals surface area contributed by atoms with Crippen molar-refractivity contribution in [3.63, 3.8) is 0 Å².